The smallest absolute Gasteiger partial charge is 0.167 e. The van der Waals surface area contributed by atoms with Gasteiger partial charge in [0, 0.05) is 25.9 Å². The lowest BCUT2D eigenvalue weighted by molar-refractivity contribution is 0.0438. The molecule has 1 aliphatic rings. The molecule has 0 aromatic carbocycles. The van der Waals surface area contributed by atoms with Crippen LogP contribution in [0.1, 0.15) is 26.2 Å². The van der Waals surface area contributed by atoms with Crippen LogP contribution in [0.3, 0.4) is 0 Å². The summed E-state index contributed by atoms with van der Waals surface area (Å²) in [6.45, 7) is 4.36. The van der Waals surface area contributed by atoms with Crippen molar-refractivity contribution in [3.8, 4) is 0 Å². The number of piperidine rings is 1. The molecule has 100 valence electrons. The number of halogens is 2. The summed E-state index contributed by atoms with van der Waals surface area (Å²) in [7, 11) is 0. The van der Waals surface area contributed by atoms with Crippen molar-refractivity contribution in [3.05, 3.63) is 23.1 Å². The van der Waals surface area contributed by atoms with Gasteiger partial charge in [-0.1, -0.05) is 18.5 Å². The molecule has 0 aliphatic carbocycles. The van der Waals surface area contributed by atoms with E-state index in [4.69, 9.17) is 16.3 Å². The average Bonchev–Trinajstić information content (AvgIpc) is 2.36. The highest BCUT2D eigenvalue weighted by molar-refractivity contribution is 6.30. The number of pyridine rings is 1. The molecule has 5 heteroatoms. The number of hydrogen-bond acceptors (Lipinski definition) is 3. The minimum absolute atomic E-state index is 0.176. The van der Waals surface area contributed by atoms with Crippen molar-refractivity contribution >= 4 is 17.4 Å². The molecular formula is C13H18ClFN2O. The summed E-state index contributed by atoms with van der Waals surface area (Å²) in [5.74, 6) is 0.0165. The molecule has 2 rings (SSSR count). The molecule has 0 amide bonds. The Bertz CT molecular complexity index is 403. The van der Waals surface area contributed by atoms with E-state index >= 15 is 0 Å². The van der Waals surface area contributed by atoms with E-state index in [9.17, 15) is 4.39 Å². The van der Waals surface area contributed by atoms with E-state index in [0.717, 1.165) is 32.4 Å². The van der Waals surface area contributed by atoms with E-state index in [1.54, 1.807) is 0 Å². The summed E-state index contributed by atoms with van der Waals surface area (Å²) in [4.78, 5) is 6.02. The standard InChI is InChI=1S/C13H18ClFN2O/c1-2-6-18-11-4-3-5-17(9-11)13-12(15)7-10(14)8-16-13/h7-8,11H,2-6,9H2,1H3. The van der Waals surface area contributed by atoms with E-state index < -0.39 is 0 Å². The Morgan fingerprint density at radius 3 is 3.17 bits per heavy atom. The Balaban J connectivity index is 2.03. The Morgan fingerprint density at radius 2 is 2.44 bits per heavy atom. The number of rotatable bonds is 4. The van der Waals surface area contributed by atoms with Gasteiger partial charge < -0.3 is 9.64 Å². The first-order chi connectivity index (χ1) is 8.70. The summed E-state index contributed by atoms with van der Waals surface area (Å²) >= 11 is 5.71. The topological polar surface area (TPSA) is 25.4 Å². The summed E-state index contributed by atoms with van der Waals surface area (Å²) in [6.07, 6.45) is 4.69. The maximum absolute atomic E-state index is 13.8. The van der Waals surface area contributed by atoms with Crippen molar-refractivity contribution < 1.29 is 9.13 Å². The molecule has 2 heterocycles. The molecule has 18 heavy (non-hydrogen) atoms. The van der Waals surface area contributed by atoms with Gasteiger partial charge in [0.25, 0.3) is 0 Å². The average molecular weight is 273 g/mol. The van der Waals surface area contributed by atoms with E-state index in [1.165, 1.54) is 12.3 Å². The Hall–Kier alpha value is -0.870. The van der Waals surface area contributed by atoms with Crippen molar-refractivity contribution in [3.63, 3.8) is 0 Å². The molecule has 1 aliphatic heterocycles. The lowest BCUT2D eigenvalue weighted by atomic mass is 10.1. The third-order valence-electron chi connectivity index (χ3n) is 3.02. The van der Waals surface area contributed by atoms with Gasteiger partial charge in [0.1, 0.15) is 0 Å². The van der Waals surface area contributed by atoms with Crippen LogP contribution in [0.5, 0.6) is 0 Å². The number of hydrogen-bond donors (Lipinski definition) is 0. The van der Waals surface area contributed by atoms with E-state index in [1.807, 2.05) is 4.90 Å². The zero-order valence-corrected chi connectivity index (χ0v) is 11.3. The van der Waals surface area contributed by atoms with Gasteiger partial charge in [-0.05, 0) is 25.3 Å². The summed E-state index contributed by atoms with van der Waals surface area (Å²) in [6, 6.07) is 1.31. The first kappa shape index (κ1) is 13.6. The summed E-state index contributed by atoms with van der Waals surface area (Å²) in [5, 5.41) is 0.326. The highest BCUT2D eigenvalue weighted by Crippen LogP contribution is 2.24. The van der Waals surface area contributed by atoms with Crippen LogP contribution in [0.25, 0.3) is 0 Å². The SMILES string of the molecule is CCCOC1CCCN(c2ncc(Cl)cc2F)C1. The number of aromatic nitrogens is 1. The van der Waals surface area contributed by atoms with E-state index in [-0.39, 0.29) is 11.9 Å². The van der Waals surface area contributed by atoms with Crippen molar-refractivity contribution in [2.24, 2.45) is 0 Å². The van der Waals surface area contributed by atoms with Crippen molar-refractivity contribution in [2.45, 2.75) is 32.3 Å². The summed E-state index contributed by atoms with van der Waals surface area (Å²) in [5.41, 5.74) is 0. The van der Waals surface area contributed by atoms with Crippen LogP contribution in [-0.2, 0) is 4.74 Å². The molecule has 1 aromatic rings. The lowest BCUT2D eigenvalue weighted by Gasteiger charge is -2.33. The molecule has 1 saturated heterocycles. The van der Waals surface area contributed by atoms with Gasteiger partial charge in [-0.2, -0.15) is 0 Å². The largest absolute Gasteiger partial charge is 0.376 e. The van der Waals surface area contributed by atoms with Gasteiger partial charge >= 0.3 is 0 Å². The van der Waals surface area contributed by atoms with Crippen molar-refractivity contribution in [1.29, 1.82) is 0 Å². The van der Waals surface area contributed by atoms with Crippen LogP contribution in [-0.4, -0.2) is 30.8 Å². The number of nitrogens with zero attached hydrogens (tertiary/aromatic N) is 2. The molecule has 0 spiro atoms. The van der Waals surface area contributed by atoms with Gasteiger partial charge in [-0.25, -0.2) is 9.37 Å². The van der Waals surface area contributed by atoms with E-state index in [2.05, 4.69) is 11.9 Å². The van der Waals surface area contributed by atoms with Gasteiger partial charge in [-0.3, -0.25) is 0 Å². The number of anilines is 1. The maximum atomic E-state index is 13.8. The molecule has 3 nitrogen and oxygen atoms in total. The van der Waals surface area contributed by atoms with Crippen LogP contribution in [0.15, 0.2) is 12.3 Å². The molecule has 1 fully saturated rings. The molecule has 0 N–H and O–H groups in total. The molecular weight excluding hydrogens is 255 g/mol. The van der Waals surface area contributed by atoms with Gasteiger partial charge in [0.15, 0.2) is 11.6 Å². The second-order valence-corrected chi connectivity index (χ2v) is 4.98. The Kier molecular flexibility index (Phi) is 4.78. The fourth-order valence-corrected chi connectivity index (χ4v) is 2.34. The van der Waals surface area contributed by atoms with Crippen LogP contribution in [0.4, 0.5) is 10.2 Å². The van der Waals surface area contributed by atoms with Crippen molar-refractivity contribution in [2.75, 3.05) is 24.6 Å². The van der Waals surface area contributed by atoms with Gasteiger partial charge in [0.2, 0.25) is 0 Å². The van der Waals surface area contributed by atoms with Gasteiger partial charge in [-0.15, -0.1) is 0 Å². The van der Waals surface area contributed by atoms with Crippen LogP contribution < -0.4 is 4.90 Å². The molecule has 1 atom stereocenters. The summed E-state index contributed by atoms with van der Waals surface area (Å²) < 4.78 is 19.5. The maximum Gasteiger partial charge on any atom is 0.167 e. The highest BCUT2D eigenvalue weighted by Gasteiger charge is 2.23. The number of ether oxygens (including phenoxy) is 1. The molecule has 0 bridgehead atoms. The Labute approximate surface area is 112 Å². The molecule has 0 radical (unpaired) electrons. The monoisotopic (exact) mass is 272 g/mol. The fraction of sp³-hybridized carbons (Fsp3) is 0.615. The predicted molar refractivity (Wildman–Crippen MR) is 70.7 cm³/mol. The Morgan fingerprint density at radius 1 is 1.61 bits per heavy atom. The zero-order valence-electron chi connectivity index (χ0n) is 10.5. The van der Waals surface area contributed by atoms with Crippen LogP contribution in [0.2, 0.25) is 5.02 Å². The minimum atomic E-state index is -0.362. The third-order valence-corrected chi connectivity index (χ3v) is 3.23. The molecule has 0 saturated carbocycles. The second kappa shape index (κ2) is 6.34. The molecule has 1 unspecified atom stereocenters. The first-order valence-corrected chi connectivity index (χ1v) is 6.76. The quantitative estimate of drug-likeness (QED) is 0.841. The van der Waals surface area contributed by atoms with E-state index in [0.29, 0.717) is 17.4 Å². The van der Waals surface area contributed by atoms with Crippen LogP contribution in [0, 0.1) is 5.82 Å². The highest BCUT2D eigenvalue weighted by atomic mass is 35.5. The molecule has 1 aromatic heterocycles. The third kappa shape index (κ3) is 3.33. The van der Waals surface area contributed by atoms with Crippen LogP contribution >= 0.6 is 11.6 Å². The second-order valence-electron chi connectivity index (χ2n) is 4.54. The van der Waals surface area contributed by atoms with Gasteiger partial charge in [0.05, 0.1) is 11.1 Å². The zero-order chi connectivity index (χ0) is 13.0. The first-order valence-electron chi connectivity index (χ1n) is 6.38. The lowest BCUT2D eigenvalue weighted by Crippen LogP contribution is -2.40. The minimum Gasteiger partial charge on any atom is -0.376 e. The fourth-order valence-electron chi connectivity index (χ4n) is 2.19. The predicted octanol–water partition coefficient (Wildman–Crippen LogP) is 3.27. The van der Waals surface area contributed by atoms with Crippen molar-refractivity contribution in [1.82, 2.24) is 4.98 Å². The normalized spacial score (nSPS) is 20.2.